The molecule has 2 aromatic carbocycles. The number of amides is 1. The third-order valence-electron chi connectivity index (χ3n) is 3.69. The molecule has 9 heteroatoms. The zero-order valence-electron chi connectivity index (χ0n) is 15.1. The molecule has 6 nitrogen and oxygen atoms in total. The first-order valence-electron chi connectivity index (χ1n) is 8.15. The summed E-state index contributed by atoms with van der Waals surface area (Å²) in [5.74, 6) is -0.155. The van der Waals surface area contributed by atoms with Crippen molar-refractivity contribution < 1.29 is 13.2 Å². The van der Waals surface area contributed by atoms with Crippen molar-refractivity contribution in [2.24, 2.45) is 0 Å². The quantitative estimate of drug-likeness (QED) is 0.554. The maximum Gasteiger partial charge on any atom is 0.262 e. The van der Waals surface area contributed by atoms with Crippen molar-refractivity contribution in [2.75, 3.05) is 23.6 Å². The number of rotatable bonds is 8. The number of carbonyl (C=O) groups is 1. The number of hydrogen-bond acceptors (Lipinski definition) is 4. The van der Waals surface area contributed by atoms with Crippen LogP contribution in [0.4, 0.5) is 11.4 Å². The lowest BCUT2D eigenvalue weighted by atomic mass is 10.2. The molecule has 0 radical (unpaired) electrons. The van der Waals surface area contributed by atoms with Gasteiger partial charge in [0.2, 0.25) is 5.91 Å². The van der Waals surface area contributed by atoms with Gasteiger partial charge in [0.1, 0.15) is 0 Å². The molecule has 0 bridgehead atoms. The number of hydrogen-bond donors (Lipinski definition) is 3. The van der Waals surface area contributed by atoms with E-state index in [9.17, 15) is 13.2 Å². The third kappa shape index (κ3) is 7.03. The van der Waals surface area contributed by atoms with Crippen LogP contribution in [0.1, 0.15) is 18.4 Å². The zero-order chi connectivity index (χ0) is 19.2. The van der Waals surface area contributed by atoms with Gasteiger partial charge in [-0.3, -0.25) is 9.52 Å². The van der Waals surface area contributed by atoms with Crippen LogP contribution in [0.5, 0.6) is 0 Å². The van der Waals surface area contributed by atoms with Crippen LogP contribution in [0.2, 0.25) is 5.02 Å². The van der Waals surface area contributed by atoms with E-state index >= 15 is 0 Å². The van der Waals surface area contributed by atoms with Gasteiger partial charge in [0, 0.05) is 22.8 Å². The molecule has 0 unspecified atom stereocenters. The molecule has 0 aliphatic heterocycles. The summed E-state index contributed by atoms with van der Waals surface area (Å²) in [5, 5.41) is 6.23. The summed E-state index contributed by atoms with van der Waals surface area (Å²) >= 11 is 5.82. The number of sulfonamides is 1. The Bertz CT molecular complexity index is 872. The minimum atomic E-state index is -3.79. The van der Waals surface area contributed by atoms with E-state index in [4.69, 9.17) is 11.6 Å². The molecule has 3 N–H and O–H groups in total. The lowest BCUT2D eigenvalue weighted by molar-refractivity contribution is -0.116. The van der Waals surface area contributed by atoms with Gasteiger partial charge in [0.25, 0.3) is 10.0 Å². The maximum atomic E-state index is 12.7. The Balaban J connectivity index is 0.00000364. The molecule has 0 saturated carbocycles. The predicted molar refractivity (Wildman–Crippen MR) is 112 cm³/mol. The predicted octanol–water partition coefficient (Wildman–Crippen LogP) is 3.81. The van der Waals surface area contributed by atoms with Crippen molar-refractivity contribution >= 4 is 51.3 Å². The van der Waals surface area contributed by atoms with E-state index in [1.54, 1.807) is 43.3 Å². The summed E-state index contributed by atoms with van der Waals surface area (Å²) in [4.78, 5) is 12.1. The summed E-state index contributed by atoms with van der Waals surface area (Å²) in [5.41, 5.74) is 1.44. The van der Waals surface area contributed by atoms with Gasteiger partial charge in [0.15, 0.2) is 0 Å². The molecule has 0 aliphatic carbocycles. The van der Waals surface area contributed by atoms with Gasteiger partial charge in [-0.25, -0.2) is 8.42 Å². The van der Waals surface area contributed by atoms with Crippen LogP contribution in [-0.2, 0) is 14.8 Å². The second-order valence-corrected chi connectivity index (χ2v) is 7.94. The molecule has 0 saturated heterocycles. The third-order valence-corrected chi connectivity index (χ3v) is 5.46. The lowest BCUT2D eigenvalue weighted by Crippen LogP contribution is -2.17. The Morgan fingerprint density at radius 2 is 1.70 bits per heavy atom. The lowest BCUT2D eigenvalue weighted by Gasteiger charge is -2.13. The monoisotopic (exact) mass is 431 g/mol. The maximum absolute atomic E-state index is 12.7. The first-order chi connectivity index (χ1) is 12.3. The average Bonchev–Trinajstić information content (AvgIpc) is 2.58. The summed E-state index contributed by atoms with van der Waals surface area (Å²) in [6.07, 6.45) is 1.07. The van der Waals surface area contributed by atoms with Crippen LogP contribution >= 0.6 is 24.0 Å². The Labute approximate surface area is 171 Å². The van der Waals surface area contributed by atoms with E-state index in [1.165, 1.54) is 6.07 Å². The molecule has 0 fully saturated rings. The van der Waals surface area contributed by atoms with E-state index in [1.807, 2.05) is 7.05 Å². The number of halogens is 2. The molecule has 0 aromatic heterocycles. The molecule has 2 aromatic rings. The highest BCUT2D eigenvalue weighted by Gasteiger charge is 2.18. The summed E-state index contributed by atoms with van der Waals surface area (Å²) in [6, 6.07) is 11.2. The minimum absolute atomic E-state index is 0. The highest BCUT2D eigenvalue weighted by Crippen LogP contribution is 2.24. The summed E-state index contributed by atoms with van der Waals surface area (Å²) < 4.78 is 27.9. The van der Waals surface area contributed by atoms with Crippen LogP contribution in [0, 0.1) is 6.92 Å². The summed E-state index contributed by atoms with van der Waals surface area (Å²) in [7, 11) is -1.97. The standard InChI is InChI=1S/C18H22ClN3O3S.ClH/c1-13-5-8-16(21-18(23)4-3-11-20-2)12-17(13)26(24,25)22-15-9-6-14(19)7-10-15;/h5-10,12,20,22H,3-4,11H2,1-2H3,(H,21,23);1H. The fraction of sp³-hybridized carbons (Fsp3) is 0.278. The molecule has 1 amide bonds. The second-order valence-electron chi connectivity index (χ2n) is 5.85. The number of anilines is 2. The Kier molecular flexibility index (Phi) is 9.05. The molecule has 0 aliphatic rings. The van der Waals surface area contributed by atoms with Gasteiger partial charge in [-0.15, -0.1) is 12.4 Å². The van der Waals surface area contributed by atoms with Crippen LogP contribution in [0.25, 0.3) is 0 Å². The number of carbonyl (C=O) groups excluding carboxylic acids is 1. The number of aryl methyl sites for hydroxylation is 1. The fourth-order valence-corrected chi connectivity index (χ4v) is 3.80. The number of benzene rings is 2. The van der Waals surface area contributed by atoms with E-state index in [0.717, 1.165) is 6.54 Å². The molecule has 148 valence electrons. The summed E-state index contributed by atoms with van der Waals surface area (Å²) in [6.45, 7) is 2.45. The van der Waals surface area contributed by atoms with Crippen molar-refractivity contribution in [1.82, 2.24) is 5.32 Å². The van der Waals surface area contributed by atoms with E-state index in [2.05, 4.69) is 15.4 Å². The van der Waals surface area contributed by atoms with Gasteiger partial charge < -0.3 is 10.6 Å². The fourth-order valence-electron chi connectivity index (χ4n) is 2.34. The van der Waals surface area contributed by atoms with E-state index in [-0.39, 0.29) is 23.2 Å². The van der Waals surface area contributed by atoms with Crippen LogP contribution < -0.4 is 15.4 Å². The van der Waals surface area contributed by atoms with Crippen molar-refractivity contribution in [3.8, 4) is 0 Å². The number of nitrogens with one attached hydrogen (secondary N) is 3. The minimum Gasteiger partial charge on any atom is -0.326 e. The highest BCUT2D eigenvalue weighted by molar-refractivity contribution is 7.92. The largest absolute Gasteiger partial charge is 0.326 e. The second kappa shape index (κ2) is 10.5. The molecule has 2 rings (SSSR count). The Morgan fingerprint density at radius 1 is 1.07 bits per heavy atom. The van der Waals surface area contributed by atoms with Crippen molar-refractivity contribution in [3.63, 3.8) is 0 Å². The normalized spacial score (nSPS) is 10.8. The highest BCUT2D eigenvalue weighted by atomic mass is 35.5. The van der Waals surface area contributed by atoms with Crippen LogP contribution in [0.3, 0.4) is 0 Å². The van der Waals surface area contributed by atoms with Crippen molar-refractivity contribution in [2.45, 2.75) is 24.7 Å². The van der Waals surface area contributed by atoms with E-state index in [0.29, 0.717) is 34.8 Å². The van der Waals surface area contributed by atoms with Gasteiger partial charge in [-0.1, -0.05) is 17.7 Å². The van der Waals surface area contributed by atoms with Crippen molar-refractivity contribution in [1.29, 1.82) is 0 Å². The van der Waals surface area contributed by atoms with E-state index < -0.39 is 10.0 Å². The zero-order valence-corrected chi connectivity index (χ0v) is 17.5. The molecule has 0 atom stereocenters. The Morgan fingerprint density at radius 3 is 2.33 bits per heavy atom. The molecular weight excluding hydrogens is 409 g/mol. The first kappa shape index (κ1) is 23.2. The van der Waals surface area contributed by atoms with Crippen molar-refractivity contribution in [3.05, 3.63) is 53.1 Å². The van der Waals surface area contributed by atoms with Gasteiger partial charge in [-0.2, -0.15) is 0 Å². The SMILES string of the molecule is CNCCCC(=O)Nc1ccc(C)c(S(=O)(=O)Nc2ccc(Cl)cc2)c1.Cl. The van der Waals surface area contributed by atoms with Gasteiger partial charge in [-0.05, 0) is 68.9 Å². The smallest absolute Gasteiger partial charge is 0.262 e. The molecular formula is C18H23Cl2N3O3S. The Hall–Kier alpha value is -1.80. The van der Waals surface area contributed by atoms with Gasteiger partial charge in [0.05, 0.1) is 4.90 Å². The topological polar surface area (TPSA) is 87.3 Å². The molecule has 0 spiro atoms. The first-order valence-corrected chi connectivity index (χ1v) is 10.0. The van der Waals surface area contributed by atoms with Crippen LogP contribution in [0.15, 0.2) is 47.4 Å². The molecule has 0 heterocycles. The molecule has 27 heavy (non-hydrogen) atoms. The average molecular weight is 432 g/mol. The van der Waals surface area contributed by atoms with Gasteiger partial charge >= 0.3 is 0 Å². The van der Waals surface area contributed by atoms with Crippen LogP contribution in [-0.4, -0.2) is 27.9 Å².